The number of rotatable bonds is 4. The smallest absolute Gasteiger partial charge is 0.225 e. The van der Waals surface area contributed by atoms with E-state index in [1.807, 2.05) is 6.07 Å². The number of amides is 1. The molecule has 1 atom stereocenters. The van der Waals surface area contributed by atoms with E-state index in [9.17, 15) is 4.79 Å². The molecule has 1 aliphatic heterocycles. The van der Waals surface area contributed by atoms with Crippen LogP contribution in [0.4, 0.5) is 5.69 Å². The number of carbonyl (C=O) groups is 1. The molecular formula is C16H21N3O. The molecule has 0 bridgehead atoms. The van der Waals surface area contributed by atoms with E-state index in [-0.39, 0.29) is 5.91 Å². The molecule has 1 aromatic rings. The molecule has 0 radical (unpaired) electrons. The molecule has 1 heterocycles. The van der Waals surface area contributed by atoms with Crippen molar-refractivity contribution in [1.29, 1.82) is 5.26 Å². The van der Waals surface area contributed by atoms with Gasteiger partial charge in [-0.25, -0.2) is 0 Å². The molecule has 1 N–H and O–H groups in total. The molecule has 1 saturated heterocycles. The first-order valence-corrected chi connectivity index (χ1v) is 7.20. The Morgan fingerprint density at radius 1 is 1.55 bits per heavy atom. The van der Waals surface area contributed by atoms with Crippen molar-refractivity contribution in [2.75, 3.05) is 25.0 Å². The van der Waals surface area contributed by atoms with E-state index in [1.54, 1.807) is 18.2 Å². The first kappa shape index (κ1) is 14.5. The number of anilines is 1. The van der Waals surface area contributed by atoms with Gasteiger partial charge in [0.15, 0.2) is 0 Å². The molecule has 1 aromatic carbocycles. The van der Waals surface area contributed by atoms with Gasteiger partial charge in [-0.15, -0.1) is 0 Å². The van der Waals surface area contributed by atoms with Gasteiger partial charge in [-0.3, -0.25) is 4.79 Å². The number of hydrogen-bond donors (Lipinski definition) is 1. The zero-order chi connectivity index (χ0) is 14.4. The number of piperidine rings is 1. The van der Waals surface area contributed by atoms with E-state index < -0.39 is 0 Å². The second kappa shape index (κ2) is 7.06. The summed E-state index contributed by atoms with van der Waals surface area (Å²) in [5.74, 6) is 0.748. The molecule has 20 heavy (non-hydrogen) atoms. The first-order chi connectivity index (χ1) is 9.67. The van der Waals surface area contributed by atoms with Crippen LogP contribution in [0, 0.1) is 17.2 Å². The van der Waals surface area contributed by atoms with Crippen LogP contribution < -0.4 is 5.32 Å². The Morgan fingerprint density at radius 2 is 2.40 bits per heavy atom. The van der Waals surface area contributed by atoms with Crippen LogP contribution in [0.3, 0.4) is 0 Å². The van der Waals surface area contributed by atoms with E-state index in [0.717, 1.165) is 25.6 Å². The van der Waals surface area contributed by atoms with Crippen molar-refractivity contribution in [3.05, 3.63) is 29.8 Å². The highest BCUT2D eigenvalue weighted by Crippen LogP contribution is 2.16. The van der Waals surface area contributed by atoms with E-state index in [0.29, 0.717) is 17.7 Å². The molecule has 2 rings (SSSR count). The lowest BCUT2D eigenvalue weighted by atomic mass is 10.0. The molecule has 106 valence electrons. The Balaban J connectivity index is 1.79. The average molecular weight is 271 g/mol. The minimum Gasteiger partial charge on any atom is -0.326 e. The Labute approximate surface area is 120 Å². The number of nitrogens with zero attached hydrogens (tertiary/aromatic N) is 2. The molecule has 1 fully saturated rings. The van der Waals surface area contributed by atoms with Crippen molar-refractivity contribution in [2.45, 2.75) is 26.2 Å². The Kier molecular flexibility index (Phi) is 5.14. The molecule has 1 amide bonds. The van der Waals surface area contributed by atoms with Gasteiger partial charge in [0.05, 0.1) is 11.6 Å². The molecular weight excluding hydrogens is 250 g/mol. The van der Waals surface area contributed by atoms with Crippen molar-refractivity contribution in [1.82, 2.24) is 4.90 Å². The quantitative estimate of drug-likeness (QED) is 0.915. The van der Waals surface area contributed by atoms with Gasteiger partial charge < -0.3 is 10.2 Å². The van der Waals surface area contributed by atoms with Crippen LogP contribution in [-0.4, -0.2) is 30.4 Å². The summed E-state index contributed by atoms with van der Waals surface area (Å²) in [6, 6.07) is 9.08. The van der Waals surface area contributed by atoms with Crippen molar-refractivity contribution >= 4 is 11.6 Å². The Hall–Kier alpha value is -1.86. The van der Waals surface area contributed by atoms with Crippen LogP contribution in [0.5, 0.6) is 0 Å². The summed E-state index contributed by atoms with van der Waals surface area (Å²) in [5, 5.41) is 11.7. The minimum absolute atomic E-state index is 0.0123. The third-order valence-electron chi connectivity index (χ3n) is 3.67. The maximum absolute atomic E-state index is 11.9. The normalized spacial score (nSPS) is 19.3. The van der Waals surface area contributed by atoms with Gasteiger partial charge in [0.1, 0.15) is 0 Å². The lowest BCUT2D eigenvalue weighted by Crippen LogP contribution is -2.36. The van der Waals surface area contributed by atoms with Crippen LogP contribution in [-0.2, 0) is 4.79 Å². The average Bonchev–Trinajstić information content (AvgIpc) is 2.45. The lowest BCUT2D eigenvalue weighted by molar-refractivity contribution is -0.116. The maximum Gasteiger partial charge on any atom is 0.225 e. The molecule has 0 aromatic heterocycles. The molecule has 1 unspecified atom stereocenters. The SMILES string of the molecule is CC1CCCN(CCC(=O)Nc2cccc(C#N)c2)C1. The summed E-state index contributed by atoms with van der Waals surface area (Å²) in [4.78, 5) is 14.3. The summed E-state index contributed by atoms with van der Waals surface area (Å²) in [7, 11) is 0. The van der Waals surface area contributed by atoms with E-state index in [1.165, 1.54) is 12.8 Å². The zero-order valence-electron chi connectivity index (χ0n) is 11.9. The molecule has 0 saturated carbocycles. The van der Waals surface area contributed by atoms with Crippen LogP contribution in [0.15, 0.2) is 24.3 Å². The summed E-state index contributed by atoms with van der Waals surface area (Å²) < 4.78 is 0. The van der Waals surface area contributed by atoms with Crippen molar-refractivity contribution in [3.8, 4) is 6.07 Å². The number of nitriles is 1. The molecule has 4 nitrogen and oxygen atoms in total. The Bertz CT molecular complexity index is 507. The fourth-order valence-electron chi connectivity index (χ4n) is 2.64. The largest absolute Gasteiger partial charge is 0.326 e. The summed E-state index contributed by atoms with van der Waals surface area (Å²) in [5.41, 5.74) is 1.26. The van der Waals surface area contributed by atoms with Gasteiger partial charge in [0.25, 0.3) is 0 Å². The van der Waals surface area contributed by atoms with Gasteiger partial charge in [-0.2, -0.15) is 5.26 Å². The summed E-state index contributed by atoms with van der Waals surface area (Å²) in [6.07, 6.45) is 3.03. The number of carbonyl (C=O) groups excluding carboxylic acids is 1. The fraction of sp³-hybridized carbons (Fsp3) is 0.500. The van der Waals surface area contributed by atoms with Crippen LogP contribution >= 0.6 is 0 Å². The number of likely N-dealkylation sites (tertiary alicyclic amines) is 1. The predicted molar refractivity (Wildman–Crippen MR) is 79.2 cm³/mol. The van der Waals surface area contributed by atoms with Gasteiger partial charge >= 0.3 is 0 Å². The fourth-order valence-corrected chi connectivity index (χ4v) is 2.64. The van der Waals surface area contributed by atoms with E-state index in [4.69, 9.17) is 5.26 Å². The topological polar surface area (TPSA) is 56.1 Å². The predicted octanol–water partition coefficient (Wildman–Crippen LogP) is 2.62. The highest BCUT2D eigenvalue weighted by molar-refractivity contribution is 5.90. The number of nitrogens with one attached hydrogen (secondary N) is 1. The maximum atomic E-state index is 11.9. The van der Waals surface area contributed by atoms with Gasteiger partial charge in [-0.1, -0.05) is 13.0 Å². The lowest BCUT2D eigenvalue weighted by Gasteiger charge is -2.30. The van der Waals surface area contributed by atoms with Crippen LogP contribution in [0.1, 0.15) is 31.7 Å². The van der Waals surface area contributed by atoms with Gasteiger partial charge in [-0.05, 0) is 43.5 Å². The van der Waals surface area contributed by atoms with Crippen LogP contribution in [0.25, 0.3) is 0 Å². The zero-order valence-corrected chi connectivity index (χ0v) is 11.9. The third-order valence-corrected chi connectivity index (χ3v) is 3.67. The highest BCUT2D eigenvalue weighted by atomic mass is 16.1. The highest BCUT2D eigenvalue weighted by Gasteiger charge is 2.16. The standard InChI is InChI=1S/C16H21N3O/c1-13-4-3-8-19(12-13)9-7-16(20)18-15-6-2-5-14(10-15)11-17/h2,5-6,10,13H,3-4,7-9,12H2,1H3,(H,18,20). The van der Waals surface area contributed by atoms with Crippen molar-refractivity contribution < 1.29 is 4.79 Å². The third kappa shape index (κ3) is 4.36. The number of hydrogen-bond acceptors (Lipinski definition) is 3. The van der Waals surface area contributed by atoms with Crippen molar-refractivity contribution in [2.24, 2.45) is 5.92 Å². The summed E-state index contributed by atoms with van der Waals surface area (Å²) in [6.45, 7) is 5.27. The monoisotopic (exact) mass is 271 g/mol. The Morgan fingerprint density at radius 3 is 3.15 bits per heavy atom. The second-order valence-electron chi connectivity index (χ2n) is 5.54. The van der Waals surface area contributed by atoms with Gasteiger partial charge in [0.2, 0.25) is 5.91 Å². The molecule has 4 heteroatoms. The first-order valence-electron chi connectivity index (χ1n) is 7.20. The van der Waals surface area contributed by atoms with E-state index >= 15 is 0 Å². The number of benzene rings is 1. The van der Waals surface area contributed by atoms with E-state index in [2.05, 4.69) is 23.2 Å². The molecule has 0 spiro atoms. The molecule has 1 aliphatic rings. The summed E-state index contributed by atoms with van der Waals surface area (Å²) >= 11 is 0. The molecule has 0 aliphatic carbocycles. The van der Waals surface area contributed by atoms with Gasteiger partial charge in [0, 0.05) is 25.2 Å². The second-order valence-corrected chi connectivity index (χ2v) is 5.54. The van der Waals surface area contributed by atoms with Crippen molar-refractivity contribution in [3.63, 3.8) is 0 Å². The minimum atomic E-state index is 0.0123. The van der Waals surface area contributed by atoms with Crippen LogP contribution in [0.2, 0.25) is 0 Å².